The van der Waals surface area contributed by atoms with Gasteiger partial charge in [-0.1, -0.05) is 13.8 Å². The Morgan fingerprint density at radius 3 is 2.21 bits per heavy atom. The molecular weight excluding hydrogens is 197 g/mol. The van der Waals surface area contributed by atoms with Gasteiger partial charge in [-0.05, 0) is 12.3 Å². The quantitative estimate of drug-likeness (QED) is 0.715. The summed E-state index contributed by atoms with van der Waals surface area (Å²) in [6, 6.07) is -0.906. The lowest BCUT2D eigenvalue weighted by atomic mass is 10.0. The van der Waals surface area contributed by atoms with Gasteiger partial charge in [0.15, 0.2) is 0 Å². The van der Waals surface area contributed by atoms with Crippen LogP contribution in [0.2, 0.25) is 0 Å². The van der Waals surface area contributed by atoms with Crippen LogP contribution in [0, 0.1) is 5.92 Å². The van der Waals surface area contributed by atoms with Crippen molar-refractivity contribution in [3.63, 3.8) is 0 Å². The fourth-order valence-electron chi connectivity index (χ4n) is 1.01. The highest BCUT2D eigenvalue weighted by Gasteiger charge is 2.29. The molecule has 0 aromatic rings. The molecule has 0 heterocycles. The third-order valence-electron chi connectivity index (χ3n) is 1.60. The van der Waals surface area contributed by atoms with Gasteiger partial charge in [-0.2, -0.15) is 13.2 Å². The number of hydrogen-bond acceptors (Lipinski definition) is 2. The van der Waals surface area contributed by atoms with E-state index in [0.29, 0.717) is 6.42 Å². The molecule has 1 unspecified atom stereocenters. The standard InChI is InChI=1S/C8H15F3N2O/c1-5(2)3-6(7(12)14)13-4-8(9,10)11/h5-6,13H,3-4H2,1-2H3,(H2,12,14). The van der Waals surface area contributed by atoms with Crippen LogP contribution in [0.15, 0.2) is 0 Å². The van der Waals surface area contributed by atoms with Crippen molar-refractivity contribution in [1.82, 2.24) is 5.32 Å². The molecule has 0 aliphatic heterocycles. The Kier molecular flexibility index (Phi) is 4.90. The van der Waals surface area contributed by atoms with E-state index in [1.807, 2.05) is 13.8 Å². The van der Waals surface area contributed by atoms with Crippen molar-refractivity contribution < 1.29 is 18.0 Å². The second-order valence-electron chi connectivity index (χ2n) is 3.58. The number of amides is 1. The predicted octanol–water partition coefficient (Wildman–Crippen LogP) is 1.04. The fraction of sp³-hybridized carbons (Fsp3) is 0.875. The van der Waals surface area contributed by atoms with Crippen molar-refractivity contribution in [3.05, 3.63) is 0 Å². The molecule has 0 aromatic heterocycles. The molecule has 1 atom stereocenters. The number of nitrogens with two attached hydrogens (primary N) is 1. The average molecular weight is 212 g/mol. The van der Waals surface area contributed by atoms with Crippen LogP contribution in [-0.4, -0.2) is 24.7 Å². The van der Waals surface area contributed by atoms with Crippen molar-refractivity contribution in [2.24, 2.45) is 11.7 Å². The molecule has 84 valence electrons. The summed E-state index contributed by atoms with van der Waals surface area (Å²) in [6.45, 7) is 2.43. The van der Waals surface area contributed by atoms with E-state index in [1.165, 1.54) is 0 Å². The number of halogens is 3. The molecule has 0 saturated carbocycles. The Morgan fingerprint density at radius 1 is 1.43 bits per heavy atom. The highest BCUT2D eigenvalue weighted by molar-refractivity contribution is 5.79. The zero-order valence-electron chi connectivity index (χ0n) is 8.19. The van der Waals surface area contributed by atoms with Crippen molar-refractivity contribution in [2.75, 3.05) is 6.54 Å². The van der Waals surface area contributed by atoms with Crippen LogP contribution in [0.5, 0.6) is 0 Å². The highest BCUT2D eigenvalue weighted by atomic mass is 19.4. The van der Waals surface area contributed by atoms with E-state index in [9.17, 15) is 18.0 Å². The van der Waals surface area contributed by atoms with Crippen LogP contribution in [0.1, 0.15) is 20.3 Å². The lowest BCUT2D eigenvalue weighted by molar-refractivity contribution is -0.131. The Labute approximate surface area is 80.8 Å². The number of carbonyl (C=O) groups is 1. The smallest absolute Gasteiger partial charge is 0.368 e. The first-order valence-electron chi connectivity index (χ1n) is 4.32. The molecule has 14 heavy (non-hydrogen) atoms. The van der Waals surface area contributed by atoms with Gasteiger partial charge in [-0.3, -0.25) is 10.1 Å². The highest BCUT2D eigenvalue weighted by Crippen LogP contribution is 2.13. The van der Waals surface area contributed by atoms with E-state index < -0.39 is 24.7 Å². The molecule has 0 aromatic carbocycles. The van der Waals surface area contributed by atoms with Crippen molar-refractivity contribution in [2.45, 2.75) is 32.5 Å². The fourth-order valence-corrected chi connectivity index (χ4v) is 1.01. The molecule has 0 spiro atoms. The summed E-state index contributed by atoms with van der Waals surface area (Å²) in [4.78, 5) is 10.7. The monoisotopic (exact) mass is 212 g/mol. The van der Waals surface area contributed by atoms with Gasteiger partial charge in [-0.15, -0.1) is 0 Å². The van der Waals surface area contributed by atoms with Crippen LogP contribution in [0.3, 0.4) is 0 Å². The first-order chi connectivity index (χ1) is 6.22. The topological polar surface area (TPSA) is 55.1 Å². The second kappa shape index (κ2) is 5.19. The SMILES string of the molecule is CC(C)CC(NCC(F)(F)F)C(N)=O. The molecule has 0 aliphatic rings. The molecule has 0 saturated heterocycles. The van der Waals surface area contributed by atoms with Gasteiger partial charge in [0.1, 0.15) is 0 Å². The Hall–Kier alpha value is -0.780. The zero-order chi connectivity index (χ0) is 11.4. The number of rotatable bonds is 5. The lowest BCUT2D eigenvalue weighted by Crippen LogP contribution is -2.45. The summed E-state index contributed by atoms with van der Waals surface area (Å²) in [6.07, 6.45) is -4.00. The van der Waals surface area contributed by atoms with Gasteiger partial charge in [0.05, 0.1) is 12.6 Å². The van der Waals surface area contributed by atoms with Gasteiger partial charge in [0, 0.05) is 0 Å². The van der Waals surface area contributed by atoms with Crippen LogP contribution in [-0.2, 0) is 4.79 Å². The van der Waals surface area contributed by atoms with E-state index in [0.717, 1.165) is 0 Å². The Bertz CT molecular complexity index is 192. The molecule has 0 fully saturated rings. The van der Waals surface area contributed by atoms with E-state index in [-0.39, 0.29) is 5.92 Å². The number of hydrogen-bond donors (Lipinski definition) is 2. The minimum atomic E-state index is -4.31. The van der Waals surface area contributed by atoms with Crippen LogP contribution in [0.25, 0.3) is 0 Å². The van der Waals surface area contributed by atoms with E-state index >= 15 is 0 Å². The molecule has 6 heteroatoms. The maximum absolute atomic E-state index is 11.8. The third kappa shape index (κ3) is 6.71. The molecule has 3 nitrogen and oxygen atoms in total. The van der Waals surface area contributed by atoms with Gasteiger partial charge in [0.2, 0.25) is 5.91 Å². The summed E-state index contributed by atoms with van der Waals surface area (Å²) < 4.78 is 35.4. The minimum Gasteiger partial charge on any atom is -0.368 e. The lowest BCUT2D eigenvalue weighted by Gasteiger charge is -2.18. The summed E-state index contributed by atoms with van der Waals surface area (Å²) >= 11 is 0. The van der Waals surface area contributed by atoms with Crippen LogP contribution in [0.4, 0.5) is 13.2 Å². The summed E-state index contributed by atoms with van der Waals surface area (Å²) in [5.74, 6) is -0.629. The molecule has 3 N–H and O–H groups in total. The molecule has 0 rings (SSSR count). The number of carbonyl (C=O) groups excluding carboxylic acids is 1. The van der Waals surface area contributed by atoms with Gasteiger partial charge < -0.3 is 5.73 Å². The van der Waals surface area contributed by atoms with Gasteiger partial charge in [-0.25, -0.2) is 0 Å². The predicted molar refractivity (Wildman–Crippen MR) is 46.5 cm³/mol. The summed E-state index contributed by atoms with van der Waals surface area (Å²) in [7, 11) is 0. The zero-order valence-corrected chi connectivity index (χ0v) is 8.19. The number of primary amides is 1. The Balaban J connectivity index is 4.05. The Morgan fingerprint density at radius 2 is 1.93 bits per heavy atom. The number of alkyl halides is 3. The normalized spacial score (nSPS) is 14.4. The van der Waals surface area contributed by atoms with E-state index in [4.69, 9.17) is 5.73 Å². The molecule has 0 bridgehead atoms. The first-order valence-corrected chi connectivity index (χ1v) is 4.32. The van der Waals surface area contributed by atoms with E-state index in [1.54, 1.807) is 0 Å². The maximum atomic E-state index is 11.8. The molecule has 1 amide bonds. The second-order valence-corrected chi connectivity index (χ2v) is 3.58. The van der Waals surface area contributed by atoms with Crippen LogP contribution >= 0.6 is 0 Å². The van der Waals surface area contributed by atoms with Crippen molar-refractivity contribution in [3.8, 4) is 0 Å². The van der Waals surface area contributed by atoms with Crippen molar-refractivity contribution in [1.29, 1.82) is 0 Å². The number of nitrogens with one attached hydrogen (secondary N) is 1. The average Bonchev–Trinajstić information content (AvgIpc) is 1.94. The van der Waals surface area contributed by atoms with E-state index in [2.05, 4.69) is 5.32 Å². The maximum Gasteiger partial charge on any atom is 0.401 e. The van der Waals surface area contributed by atoms with Gasteiger partial charge in [0.25, 0.3) is 0 Å². The summed E-state index contributed by atoms with van der Waals surface area (Å²) in [5, 5.41) is 2.09. The van der Waals surface area contributed by atoms with Crippen molar-refractivity contribution >= 4 is 5.91 Å². The van der Waals surface area contributed by atoms with Gasteiger partial charge >= 0.3 is 6.18 Å². The molecule has 0 radical (unpaired) electrons. The minimum absolute atomic E-state index is 0.119. The third-order valence-corrected chi connectivity index (χ3v) is 1.60. The van der Waals surface area contributed by atoms with Crippen LogP contribution < -0.4 is 11.1 Å². The molecule has 0 aliphatic carbocycles. The largest absolute Gasteiger partial charge is 0.401 e. The first kappa shape index (κ1) is 13.2. The summed E-state index contributed by atoms with van der Waals surface area (Å²) in [5.41, 5.74) is 4.95. The molecular formula is C8H15F3N2O.